The van der Waals surface area contributed by atoms with Crippen molar-refractivity contribution in [2.75, 3.05) is 0 Å². The summed E-state index contributed by atoms with van der Waals surface area (Å²) >= 11 is 0. The zero-order chi connectivity index (χ0) is 16.7. The Morgan fingerprint density at radius 3 is 2.25 bits per heavy atom. The summed E-state index contributed by atoms with van der Waals surface area (Å²) < 4.78 is 16.4. The van der Waals surface area contributed by atoms with Crippen molar-refractivity contribution in [2.24, 2.45) is 0 Å². The number of hydrogen-bond donors (Lipinski definition) is 0. The number of rotatable bonds is 1. The van der Waals surface area contributed by atoms with Crippen LogP contribution in [0, 0.1) is 28.5 Å². The lowest BCUT2D eigenvalue weighted by Crippen LogP contribution is -1.98. The van der Waals surface area contributed by atoms with E-state index in [1.54, 1.807) is 0 Å². The molecule has 0 bridgehead atoms. The van der Waals surface area contributed by atoms with Gasteiger partial charge in [-0.05, 0) is 24.3 Å². The second kappa shape index (κ2) is 5.22. The summed E-state index contributed by atoms with van der Waals surface area (Å²) in [6.45, 7) is 0. The largest absolute Gasteiger partial charge is 0.308 e. The quantitative estimate of drug-likeness (QED) is 0.513. The van der Waals surface area contributed by atoms with Gasteiger partial charge in [0.2, 0.25) is 0 Å². The molecule has 0 aliphatic rings. The number of halogens is 1. The summed E-state index contributed by atoms with van der Waals surface area (Å²) in [5.41, 5.74) is 1.97. The highest BCUT2D eigenvalue weighted by atomic mass is 19.1. The molecule has 0 spiro atoms. The first-order chi connectivity index (χ1) is 11.8. The summed E-state index contributed by atoms with van der Waals surface area (Å²) in [5, 5.41) is 20.3. The highest BCUT2D eigenvalue weighted by Crippen LogP contribution is 2.35. The highest BCUT2D eigenvalue weighted by Gasteiger charge is 2.21. The molecule has 0 saturated carbocycles. The molecule has 4 heteroatoms. The minimum absolute atomic E-state index is 0.107. The SMILES string of the molecule is N#Cc1cc2c3ccccc3n(-c3ccccc3)c2c(C#N)c1F. The molecule has 0 fully saturated rings. The fourth-order valence-electron chi connectivity index (χ4n) is 3.13. The van der Waals surface area contributed by atoms with E-state index in [9.17, 15) is 14.9 Å². The normalized spacial score (nSPS) is 10.6. The second-order valence-electron chi connectivity index (χ2n) is 5.42. The molecule has 3 nitrogen and oxygen atoms in total. The van der Waals surface area contributed by atoms with E-state index in [1.807, 2.05) is 71.3 Å². The van der Waals surface area contributed by atoms with Gasteiger partial charge in [0.05, 0.1) is 16.6 Å². The Morgan fingerprint density at radius 1 is 0.833 bits per heavy atom. The monoisotopic (exact) mass is 311 g/mol. The zero-order valence-electron chi connectivity index (χ0n) is 12.5. The van der Waals surface area contributed by atoms with Crippen molar-refractivity contribution in [3.63, 3.8) is 0 Å². The molecule has 0 unspecified atom stereocenters. The Morgan fingerprint density at radius 2 is 1.54 bits per heavy atom. The van der Waals surface area contributed by atoms with E-state index in [0.29, 0.717) is 10.9 Å². The number of aromatic nitrogens is 1. The minimum atomic E-state index is -0.771. The first-order valence-corrected chi connectivity index (χ1v) is 7.37. The minimum Gasteiger partial charge on any atom is -0.308 e. The average Bonchev–Trinajstić information content (AvgIpc) is 2.96. The van der Waals surface area contributed by atoms with Crippen molar-refractivity contribution in [1.82, 2.24) is 4.57 Å². The van der Waals surface area contributed by atoms with Crippen molar-refractivity contribution in [2.45, 2.75) is 0 Å². The van der Waals surface area contributed by atoms with Crippen molar-refractivity contribution in [3.8, 4) is 17.8 Å². The molecule has 0 radical (unpaired) electrons. The van der Waals surface area contributed by atoms with Gasteiger partial charge in [0, 0.05) is 16.5 Å². The zero-order valence-corrected chi connectivity index (χ0v) is 12.5. The van der Waals surface area contributed by atoms with E-state index in [-0.39, 0.29) is 11.1 Å². The molecule has 0 atom stereocenters. The highest BCUT2D eigenvalue weighted by molar-refractivity contribution is 6.11. The topological polar surface area (TPSA) is 52.5 Å². The van der Waals surface area contributed by atoms with Gasteiger partial charge in [-0.1, -0.05) is 36.4 Å². The summed E-state index contributed by atoms with van der Waals surface area (Å²) in [5.74, 6) is -0.771. The van der Waals surface area contributed by atoms with Gasteiger partial charge in [-0.25, -0.2) is 4.39 Å². The number of para-hydroxylation sites is 2. The van der Waals surface area contributed by atoms with Gasteiger partial charge in [-0.3, -0.25) is 0 Å². The molecule has 0 aliphatic carbocycles. The molecule has 24 heavy (non-hydrogen) atoms. The third kappa shape index (κ3) is 1.81. The lowest BCUT2D eigenvalue weighted by molar-refractivity contribution is 0.621. The molecule has 112 valence electrons. The van der Waals surface area contributed by atoms with Crippen molar-refractivity contribution >= 4 is 21.8 Å². The fraction of sp³-hybridized carbons (Fsp3) is 0. The molecular formula is C20H10FN3. The summed E-state index contributed by atoms with van der Waals surface area (Å²) in [6.07, 6.45) is 0. The Hall–Kier alpha value is -3.63. The molecule has 0 aliphatic heterocycles. The Balaban J connectivity index is 2.32. The number of nitrogens with zero attached hydrogens (tertiary/aromatic N) is 3. The van der Waals surface area contributed by atoms with E-state index in [2.05, 4.69) is 0 Å². The van der Waals surface area contributed by atoms with Crippen LogP contribution >= 0.6 is 0 Å². The molecule has 0 N–H and O–H groups in total. The van der Waals surface area contributed by atoms with Gasteiger partial charge in [0.1, 0.15) is 17.7 Å². The maximum atomic E-state index is 14.6. The number of nitriles is 2. The van der Waals surface area contributed by atoms with Crippen LogP contribution in [0.2, 0.25) is 0 Å². The van der Waals surface area contributed by atoms with Gasteiger partial charge in [0.15, 0.2) is 5.82 Å². The van der Waals surface area contributed by atoms with E-state index in [1.165, 1.54) is 6.07 Å². The lowest BCUT2D eigenvalue weighted by Gasteiger charge is -2.09. The van der Waals surface area contributed by atoms with Gasteiger partial charge < -0.3 is 4.57 Å². The van der Waals surface area contributed by atoms with Crippen LogP contribution < -0.4 is 0 Å². The smallest absolute Gasteiger partial charge is 0.160 e. The van der Waals surface area contributed by atoms with Gasteiger partial charge >= 0.3 is 0 Å². The molecule has 1 heterocycles. The van der Waals surface area contributed by atoms with Crippen molar-refractivity contribution < 1.29 is 4.39 Å². The lowest BCUT2D eigenvalue weighted by atomic mass is 10.0. The van der Waals surface area contributed by atoms with Gasteiger partial charge in [-0.15, -0.1) is 0 Å². The Labute approximate surface area is 137 Å². The number of hydrogen-bond acceptors (Lipinski definition) is 2. The van der Waals surface area contributed by atoms with Gasteiger partial charge in [-0.2, -0.15) is 10.5 Å². The van der Waals surface area contributed by atoms with E-state index >= 15 is 0 Å². The predicted molar refractivity (Wildman–Crippen MR) is 90.2 cm³/mol. The molecular weight excluding hydrogens is 301 g/mol. The Kier molecular flexibility index (Phi) is 3.05. The van der Waals surface area contributed by atoms with Crippen LogP contribution in [0.4, 0.5) is 4.39 Å². The molecule has 4 aromatic rings. The first kappa shape index (κ1) is 14.0. The van der Waals surface area contributed by atoms with Crippen LogP contribution in [0.5, 0.6) is 0 Å². The van der Waals surface area contributed by atoms with E-state index < -0.39 is 5.82 Å². The first-order valence-electron chi connectivity index (χ1n) is 7.37. The van der Waals surface area contributed by atoms with E-state index in [0.717, 1.165) is 16.6 Å². The van der Waals surface area contributed by atoms with E-state index in [4.69, 9.17) is 0 Å². The van der Waals surface area contributed by atoms with Crippen LogP contribution in [0.15, 0.2) is 60.7 Å². The number of fused-ring (bicyclic) bond motifs is 3. The molecule has 0 amide bonds. The van der Waals surface area contributed by atoms with Crippen LogP contribution in [0.1, 0.15) is 11.1 Å². The predicted octanol–water partition coefficient (Wildman–Crippen LogP) is 4.67. The van der Waals surface area contributed by atoms with Crippen LogP contribution in [-0.4, -0.2) is 4.57 Å². The third-order valence-corrected chi connectivity index (χ3v) is 4.14. The van der Waals surface area contributed by atoms with Crippen LogP contribution in [0.25, 0.3) is 27.5 Å². The molecule has 3 aromatic carbocycles. The summed E-state index contributed by atoms with van der Waals surface area (Å²) in [7, 11) is 0. The molecule has 4 rings (SSSR count). The fourth-order valence-corrected chi connectivity index (χ4v) is 3.13. The molecule has 0 saturated heterocycles. The standard InChI is InChI=1S/C20H10FN3/c21-19-13(11-22)10-16-15-8-4-5-9-18(15)24(20(16)17(19)12-23)14-6-2-1-3-7-14/h1-10H. The Bertz CT molecular complexity index is 1180. The molecule has 1 aromatic heterocycles. The summed E-state index contributed by atoms with van der Waals surface area (Å²) in [4.78, 5) is 0. The average molecular weight is 311 g/mol. The van der Waals surface area contributed by atoms with Crippen LogP contribution in [0.3, 0.4) is 0 Å². The maximum absolute atomic E-state index is 14.6. The van der Waals surface area contributed by atoms with Crippen molar-refractivity contribution in [3.05, 3.63) is 77.6 Å². The number of benzene rings is 3. The van der Waals surface area contributed by atoms with Crippen LogP contribution in [-0.2, 0) is 0 Å². The van der Waals surface area contributed by atoms with Crippen molar-refractivity contribution in [1.29, 1.82) is 10.5 Å². The van der Waals surface area contributed by atoms with Gasteiger partial charge in [0.25, 0.3) is 0 Å². The third-order valence-electron chi connectivity index (χ3n) is 4.14. The maximum Gasteiger partial charge on any atom is 0.160 e. The second-order valence-corrected chi connectivity index (χ2v) is 5.42. The summed E-state index contributed by atoms with van der Waals surface area (Å²) in [6, 6.07) is 22.4.